The number of hydrogen-bond acceptors (Lipinski definition) is 10. The van der Waals surface area contributed by atoms with Gasteiger partial charge in [-0.25, -0.2) is 23.7 Å². The van der Waals surface area contributed by atoms with Crippen LogP contribution in [-0.4, -0.2) is 51.8 Å². The van der Waals surface area contributed by atoms with Crippen molar-refractivity contribution in [3.8, 4) is 0 Å². The van der Waals surface area contributed by atoms with Crippen molar-refractivity contribution in [2.45, 2.75) is 25.2 Å². The Kier molecular flexibility index (Phi) is 7.08. The van der Waals surface area contributed by atoms with Crippen LogP contribution in [-0.2, 0) is 31.6 Å². The van der Waals surface area contributed by atoms with Gasteiger partial charge in [-0.05, 0) is 24.4 Å². The highest BCUT2D eigenvalue weighted by Crippen LogP contribution is 2.66. The highest BCUT2D eigenvalue weighted by molar-refractivity contribution is 7.66. The molecule has 2 unspecified atom stereocenters. The van der Waals surface area contributed by atoms with Crippen molar-refractivity contribution >= 4 is 57.8 Å². The summed E-state index contributed by atoms with van der Waals surface area (Å²) in [5.41, 5.74) is 0.597. The van der Waals surface area contributed by atoms with Crippen molar-refractivity contribution in [2.24, 2.45) is 0 Å². The molecule has 15 nitrogen and oxygen atoms in total. The van der Waals surface area contributed by atoms with Crippen molar-refractivity contribution in [3.63, 3.8) is 0 Å². The zero-order chi connectivity index (χ0) is 22.3. The van der Waals surface area contributed by atoms with Crippen molar-refractivity contribution < 1.29 is 51.2 Å². The monoisotopic (exact) mass is 528 g/mol. The van der Waals surface area contributed by atoms with Gasteiger partial charge in [-0.2, -0.15) is 13.6 Å². The van der Waals surface area contributed by atoms with Gasteiger partial charge in [0.25, 0.3) is 0 Å². The van der Waals surface area contributed by atoms with Crippen LogP contribution >= 0.6 is 46.7 Å². The topological polar surface area (TPSA) is 213 Å². The van der Waals surface area contributed by atoms with Crippen LogP contribution in [0.25, 0.3) is 11.2 Å². The molecule has 1 aliphatic rings. The number of phosphoric ester groups is 1. The quantitative estimate of drug-likeness (QED) is 0.219. The highest BCUT2D eigenvalue weighted by atomic mass is 35.5. The molecule has 3 heterocycles. The number of phosphoric acid groups is 3. The Morgan fingerprint density at radius 3 is 2.47 bits per heavy atom. The van der Waals surface area contributed by atoms with Gasteiger partial charge in [-0.1, -0.05) is 11.6 Å². The van der Waals surface area contributed by atoms with Gasteiger partial charge < -0.3 is 24.3 Å². The van der Waals surface area contributed by atoms with Crippen LogP contribution in [0.3, 0.4) is 0 Å². The molecular formula is C10H13Cl2N4O11P3. The van der Waals surface area contributed by atoms with Crippen molar-refractivity contribution in [1.29, 1.82) is 0 Å². The molecule has 0 saturated carbocycles. The molecule has 4 atom stereocenters. The van der Waals surface area contributed by atoms with Gasteiger partial charge in [0.2, 0.25) is 5.28 Å². The third-order valence-corrected chi connectivity index (χ3v) is 7.82. The molecule has 0 bridgehead atoms. The molecule has 1 saturated heterocycles. The van der Waals surface area contributed by atoms with E-state index in [-0.39, 0.29) is 10.4 Å². The van der Waals surface area contributed by atoms with E-state index < -0.39 is 42.4 Å². The molecule has 0 aromatic carbocycles. The standard InChI is InChI=1S/C10H13Cl2N4O11P3/c11-8-7-9(15-10(12)14-8)16(4-13-7)6-2-1-5(25-6)3-24-29(20,21)27-30(22,23)26-28(17,18)19/h4-6H,1-3H2,(H,20,21)(H,22,23)(H2,17,18,19)/t5-,6+/m0/s1. The van der Waals surface area contributed by atoms with Crippen LogP contribution in [0.1, 0.15) is 19.1 Å². The molecule has 2 aromatic heterocycles. The average molecular weight is 529 g/mol. The lowest BCUT2D eigenvalue weighted by molar-refractivity contribution is -0.0205. The predicted molar refractivity (Wildman–Crippen MR) is 98.3 cm³/mol. The van der Waals surface area contributed by atoms with Crippen LogP contribution < -0.4 is 0 Å². The summed E-state index contributed by atoms with van der Waals surface area (Å²) in [7, 11) is -16.3. The first-order valence-electron chi connectivity index (χ1n) is 7.74. The summed E-state index contributed by atoms with van der Waals surface area (Å²) in [5.74, 6) is 0. The number of halogens is 2. The smallest absolute Gasteiger partial charge is 0.352 e. The number of hydrogen-bond donors (Lipinski definition) is 4. The number of rotatable bonds is 8. The summed E-state index contributed by atoms with van der Waals surface area (Å²) in [6.45, 7) is -0.552. The second kappa shape index (κ2) is 8.80. The fraction of sp³-hybridized carbons (Fsp3) is 0.500. The van der Waals surface area contributed by atoms with Crippen molar-refractivity contribution in [1.82, 2.24) is 19.5 Å². The molecule has 0 amide bonds. The third-order valence-electron chi connectivity index (χ3n) is 3.59. The summed E-state index contributed by atoms with van der Waals surface area (Å²) in [6.07, 6.45) is 0.801. The van der Waals surface area contributed by atoms with E-state index in [4.69, 9.17) is 42.6 Å². The molecule has 0 spiro atoms. The zero-order valence-corrected chi connectivity index (χ0v) is 18.6. The number of fused-ring (bicyclic) bond motifs is 1. The first-order valence-corrected chi connectivity index (χ1v) is 13.0. The first kappa shape index (κ1) is 24.1. The van der Waals surface area contributed by atoms with E-state index in [9.17, 15) is 18.6 Å². The third kappa shape index (κ3) is 6.27. The summed E-state index contributed by atoms with van der Waals surface area (Å²) in [4.78, 5) is 47.5. The average Bonchev–Trinajstić information content (AvgIpc) is 3.15. The largest absolute Gasteiger partial charge is 0.490 e. The zero-order valence-electron chi connectivity index (χ0n) is 14.4. The Balaban J connectivity index is 1.61. The lowest BCUT2D eigenvalue weighted by atomic mass is 10.2. The Labute approximate surface area is 177 Å². The minimum atomic E-state index is -5.58. The van der Waals surface area contributed by atoms with E-state index in [1.165, 1.54) is 10.9 Å². The van der Waals surface area contributed by atoms with E-state index in [1.54, 1.807) is 0 Å². The molecule has 20 heteroatoms. The second-order valence-corrected chi connectivity index (χ2v) is 10.9. The van der Waals surface area contributed by atoms with Gasteiger partial charge in [0.15, 0.2) is 10.8 Å². The maximum absolute atomic E-state index is 11.8. The van der Waals surface area contributed by atoms with E-state index >= 15 is 0 Å². The van der Waals surface area contributed by atoms with Crippen LogP contribution in [0, 0.1) is 0 Å². The summed E-state index contributed by atoms with van der Waals surface area (Å²) in [5, 5.41) is -0.0533. The highest BCUT2D eigenvalue weighted by Gasteiger charge is 2.41. The first-order chi connectivity index (χ1) is 13.7. The molecule has 3 rings (SSSR count). The minimum absolute atomic E-state index is 0.0472. The molecule has 0 radical (unpaired) electrons. The van der Waals surface area contributed by atoms with Gasteiger partial charge in [-0.15, -0.1) is 0 Å². The Bertz CT molecular complexity index is 1090. The molecule has 168 valence electrons. The SMILES string of the molecule is O=P(O)(O)OP(=O)(O)OP(=O)(O)OC[C@@H]1CC[C@H](n2cnc3c(Cl)nc(Cl)nc32)O1. The normalized spacial score (nSPS) is 24.1. The number of nitrogens with zero attached hydrogens (tertiary/aromatic N) is 4. The molecule has 30 heavy (non-hydrogen) atoms. The predicted octanol–water partition coefficient (Wildman–Crippen LogP) is 2.15. The van der Waals surface area contributed by atoms with E-state index in [1.807, 2.05) is 0 Å². The Morgan fingerprint density at radius 1 is 1.10 bits per heavy atom. The van der Waals surface area contributed by atoms with Crippen molar-refractivity contribution in [2.75, 3.05) is 6.61 Å². The fourth-order valence-electron chi connectivity index (χ4n) is 2.56. The molecule has 4 N–H and O–H groups in total. The van der Waals surface area contributed by atoms with Crippen LogP contribution in [0.15, 0.2) is 6.33 Å². The van der Waals surface area contributed by atoms with Gasteiger partial charge in [0.1, 0.15) is 11.7 Å². The molecule has 2 aromatic rings. The maximum atomic E-state index is 11.8. The second-order valence-electron chi connectivity index (χ2n) is 5.78. The van der Waals surface area contributed by atoms with E-state index in [0.29, 0.717) is 24.0 Å². The number of ether oxygens (including phenoxy) is 1. The van der Waals surface area contributed by atoms with E-state index in [0.717, 1.165) is 0 Å². The van der Waals surface area contributed by atoms with Crippen LogP contribution in [0.4, 0.5) is 0 Å². The van der Waals surface area contributed by atoms with Gasteiger partial charge >= 0.3 is 23.5 Å². The summed E-state index contributed by atoms with van der Waals surface area (Å²) < 4.78 is 52.7. The van der Waals surface area contributed by atoms with E-state index in [2.05, 4.69) is 28.1 Å². The lowest BCUT2D eigenvalue weighted by Gasteiger charge is -2.18. The Morgan fingerprint density at radius 2 is 1.80 bits per heavy atom. The molecule has 1 aliphatic heterocycles. The number of aromatic nitrogens is 4. The lowest BCUT2D eigenvalue weighted by Crippen LogP contribution is -2.16. The van der Waals surface area contributed by atoms with Gasteiger partial charge in [0.05, 0.1) is 19.0 Å². The van der Waals surface area contributed by atoms with Crippen LogP contribution in [0.2, 0.25) is 10.4 Å². The minimum Gasteiger partial charge on any atom is -0.352 e. The van der Waals surface area contributed by atoms with Crippen LogP contribution in [0.5, 0.6) is 0 Å². The number of imidazole rings is 1. The Hall–Kier alpha value is -0.500. The van der Waals surface area contributed by atoms with Gasteiger partial charge in [0, 0.05) is 0 Å². The van der Waals surface area contributed by atoms with Crippen molar-refractivity contribution in [3.05, 3.63) is 16.8 Å². The maximum Gasteiger partial charge on any atom is 0.490 e. The fourth-order valence-corrected chi connectivity index (χ4v) is 6.03. The summed E-state index contributed by atoms with van der Waals surface area (Å²) in [6, 6.07) is 0. The molecule has 0 aliphatic carbocycles. The molecular weight excluding hydrogens is 516 g/mol. The molecule has 1 fully saturated rings. The van der Waals surface area contributed by atoms with Gasteiger partial charge in [-0.3, -0.25) is 9.09 Å². The summed E-state index contributed by atoms with van der Waals surface area (Å²) >= 11 is 11.8.